The maximum absolute atomic E-state index is 12.4. The van der Waals surface area contributed by atoms with E-state index in [9.17, 15) is 9.90 Å². The number of carbonyl (C=O) groups is 1. The molecule has 1 spiro atoms. The van der Waals surface area contributed by atoms with Crippen molar-refractivity contribution >= 4 is 27.5 Å². The van der Waals surface area contributed by atoms with Crippen LogP contribution in [0.2, 0.25) is 0 Å². The number of hydrogen-bond donors (Lipinski definition) is 1. The number of benzene rings is 4. The van der Waals surface area contributed by atoms with Crippen molar-refractivity contribution in [1.82, 2.24) is 0 Å². The summed E-state index contributed by atoms with van der Waals surface area (Å²) in [5.41, 5.74) is 2.58. The largest absolute Gasteiger partial charge is 0.508 e. The smallest absolute Gasteiger partial charge is 0.332 e. The zero-order valence-electron chi connectivity index (χ0n) is 16.5. The Morgan fingerprint density at radius 3 is 2.07 bits per heavy atom. The molecule has 4 aromatic carbocycles. The average molecular weight is 394 g/mol. The van der Waals surface area contributed by atoms with Crippen molar-refractivity contribution in [3.8, 4) is 17.2 Å². The molecular formula is C26H18O4. The lowest BCUT2D eigenvalue weighted by molar-refractivity contribution is -0.144. The predicted octanol–water partition coefficient (Wildman–Crippen LogP) is 5.86. The lowest BCUT2D eigenvalue weighted by atomic mass is 9.77. The lowest BCUT2D eigenvalue weighted by Gasteiger charge is -2.38. The van der Waals surface area contributed by atoms with Crippen LogP contribution in [0.15, 0.2) is 72.3 Å². The molecule has 146 valence electrons. The minimum Gasteiger partial charge on any atom is -0.508 e. The number of fused-ring (bicyclic) bond motifs is 8. The number of phenolic OH excluding ortho intramolecular Hbond substituents is 1. The first-order chi connectivity index (χ1) is 14.5. The van der Waals surface area contributed by atoms with Gasteiger partial charge in [-0.25, -0.2) is 4.79 Å². The number of aryl methyl sites for hydroxylation is 1. The van der Waals surface area contributed by atoms with Gasteiger partial charge in [-0.3, -0.25) is 0 Å². The SMILES string of the molecule is CC1=CC(=O)OC12c1ccc3cc(C)ccc3c1Oc1c2ccc2cc(O)ccc12. The maximum Gasteiger partial charge on any atom is 0.332 e. The van der Waals surface area contributed by atoms with Crippen LogP contribution in [0, 0.1) is 6.92 Å². The Labute approximate surface area is 173 Å². The molecule has 2 aliphatic heterocycles. The number of phenols is 1. The Morgan fingerprint density at radius 2 is 1.43 bits per heavy atom. The molecule has 4 heteroatoms. The van der Waals surface area contributed by atoms with Gasteiger partial charge in [0.2, 0.25) is 0 Å². The first-order valence-electron chi connectivity index (χ1n) is 9.87. The molecule has 1 unspecified atom stereocenters. The summed E-state index contributed by atoms with van der Waals surface area (Å²) < 4.78 is 12.6. The molecule has 0 aliphatic carbocycles. The number of esters is 1. The zero-order valence-corrected chi connectivity index (χ0v) is 16.5. The Balaban J connectivity index is 1.76. The average Bonchev–Trinajstić information content (AvgIpc) is 3.01. The molecule has 0 aromatic heterocycles. The van der Waals surface area contributed by atoms with Crippen LogP contribution >= 0.6 is 0 Å². The molecule has 6 rings (SSSR count). The lowest BCUT2D eigenvalue weighted by Crippen LogP contribution is -2.33. The number of ether oxygens (including phenoxy) is 2. The minimum atomic E-state index is -1.02. The van der Waals surface area contributed by atoms with E-state index >= 15 is 0 Å². The highest BCUT2D eigenvalue weighted by Crippen LogP contribution is 2.57. The van der Waals surface area contributed by atoms with Gasteiger partial charge in [0, 0.05) is 28.0 Å². The van der Waals surface area contributed by atoms with E-state index in [-0.39, 0.29) is 11.7 Å². The maximum atomic E-state index is 12.4. The number of carbonyl (C=O) groups excluding carboxylic acids is 1. The fraction of sp³-hybridized carbons (Fsp3) is 0.115. The van der Waals surface area contributed by atoms with Crippen LogP contribution in [0.1, 0.15) is 23.6 Å². The van der Waals surface area contributed by atoms with E-state index in [2.05, 4.69) is 31.2 Å². The van der Waals surface area contributed by atoms with Crippen molar-refractivity contribution in [3.05, 3.63) is 89.0 Å². The third-order valence-electron chi connectivity index (χ3n) is 6.19. The monoisotopic (exact) mass is 394 g/mol. The molecule has 4 nitrogen and oxygen atoms in total. The summed E-state index contributed by atoms with van der Waals surface area (Å²) in [7, 11) is 0. The number of aromatic hydroxyl groups is 1. The van der Waals surface area contributed by atoms with Crippen molar-refractivity contribution in [1.29, 1.82) is 0 Å². The quantitative estimate of drug-likeness (QED) is 0.380. The Bertz CT molecular complexity index is 1350. The standard InChI is InChI=1S/C26H18O4/c1-14-3-7-19-16(11-14)4-9-21-24(19)29-25-20-8-6-18(27)13-17(20)5-10-22(25)26(21)15(2)12-23(28)30-26/h3-13,27H,1-2H3. The van der Waals surface area contributed by atoms with Gasteiger partial charge in [-0.2, -0.15) is 0 Å². The second kappa shape index (κ2) is 5.63. The molecule has 1 atom stereocenters. The van der Waals surface area contributed by atoms with Crippen molar-refractivity contribution < 1.29 is 19.4 Å². The van der Waals surface area contributed by atoms with E-state index in [0.717, 1.165) is 43.8 Å². The molecule has 0 fully saturated rings. The highest BCUT2D eigenvalue weighted by atomic mass is 16.6. The second-order valence-corrected chi connectivity index (χ2v) is 8.05. The van der Waals surface area contributed by atoms with E-state index in [0.29, 0.717) is 11.5 Å². The van der Waals surface area contributed by atoms with Gasteiger partial charge in [0.15, 0.2) is 5.60 Å². The Morgan fingerprint density at radius 1 is 0.800 bits per heavy atom. The Kier molecular flexibility index (Phi) is 3.21. The number of rotatable bonds is 0. The summed E-state index contributed by atoms with van der Waals surface area (Å²) in [6.07, 6.45) is 1.55. The van der Waals surface area contributed by atoms with E-state index in [1.807, 2.05) is 31.2 Å². The summed E-state index contributed by atoms with van der Waals surface area (Å²) in [5, 5.41) is 13.7. The molecule has 4 aromatic rings. The van der Waals surface area contributed by atoms with Gasteiger partial charge in [-0.05, 0) is 60.5 Å². The van der Waals surface area contributed by atoms with Gasteiger partial charge in [0.05, 0.1) is 0 Å². The van der Waals surface area contributed by atoms with Crippen LogP contribution in [0.4, 0.5) is 0 Å². The van der Waals surface area contributed by atoms with Crippen LogP contribution in [0.25, 0.3) is 21.5 Å². The summed E-state index contributed by atoms with van der Waals surface area (Å²) >= 11 is 0. The fourth-order valence-electron chi connectivity index (χ4n) is 4.80. The Hall–Kier alpha value is -3.79. The molecule has 2 heterocycles. The molecule has 30 heavy (non-hydrogen) atoms. The summed E-state index contributed by atoms with van der Waals surface area (Å²) in [6.45, 7) is 3.98. The van der Waals surface area contributed by atoms with Crippen molar-refractivity contribution in [2.24, 2.45) is 0 Å². The third kappa shape index (κ3) is 2.08. The molecule has 1 N–H and O–H groups in total. The minimum absolute atomic E-state index is 0.192. The van der Waals surface area contributed by atoms with E-state index in [4.69, 9.17) is 9.47 Å². The second-order valence-electron chi connectivity index (χ2n) is 8.05. The van der Waals surface area contributed by atoms with Gasteiger partial charge >= 0.3 is 5.97 Å². The molecule has 0 bridgehead atoms. The molecule has 0 saturated heterocycles. The third-order valence-corrected chi connectivity index (χ3v) is 6.19. The zero-order chi connectivity index (χ0) is 20.6. The van der Waals surface area contributed by atoms with Crippen LogP contribution in [0.5, 0.6) is 17.2 Å². The first-order valence-corrected chi connectivity index (χ1v) is 9.87. The van der Waals surface area contributed by atoms with Gasteiger partial charge in [0.1, 0.15) is 17.2 Å². The van der Waals surface area contributed by atoms with Crippen LogP contribution in [-0.4, -0.2) is 11.1 Å². The first kappa shape index (κ1) is 17.1. The molecule has 0 radical (unpaired) electrons. The molecule has 0 amide bonds. The van der Waals surface area contributed by atoms with Gasteiger partial charge < -0.3 is 14.6 Å². The van der Waals surface area contributed by atoms with Gasteiger partial charge in [-0.15, -0.1) is 0 Å². The van der Waals surface area contributed by atoms with Crippen molar-refractivity contribution in [3.63, 3.8) is 0 Å². The van der Waals surface area contributed by atoms with Crippen LogP contribution in [-0.2, 0) is 15.1 Å². The van der Waals surface area contributed by atoms with Crippen LogP contribution in [0.3, 0.4) is 0 Å². The fourth-order valence-corrected chi connectivity index (χ4v) is 4.80. The highest BCUT2D eigenvalue weighted by molar-refractivity contribution is 5.98. The highest BCUT2D eigenvalue weighted by Gasteiger charge is 2.51. The van der Waals surface area contributed by atoms with Crippen molar-refractivity contribution in [2.75, 3.05) is 0 Å². The van der Waals surface area contributed by atoms with Gasteiger partial charge in [0.25, 0.3) is 0 Å². The summed E-state index contributed by atoms with van der Waals surface area (Å²) in [5.74, 6) is 1.18. The summed E-state index contributed by atoms with van der Waals surface area (Å²) in [6, 6.07) is 19.3. The summed E-state index contributed by atoms with van der Waals surface area (Å²) in [4.78, 5) is 12.4. The molecule has 0 saturated carbocycles. The van der Waals surface area contributed by atoms with E-state index in [1.54, 1.807) is 18.2 Å². The molecular weight excluding hydrogens is 376 g/mol. The van der Waals surface area contributed by atoms with Crippen molar-refractivity contribution in [2.45, 2.75) is 19.4 Å². The normalized spacial score (nSPS) is 19.4. The topological polar surface area (TPSA) is 55.8 Å². The predicted molar refractivity (Wildman–Crippen MR) is 115 cm³/mol. The van der Waals surface area contributed by atoms with E-state index < -0.39 is 5.60 Å². The van der Waals surface area contributed by atoms with Crippen LogP contribution < -0.4 is 4.74 Å². The van der Waals surface area contributed by atoms with E-state index in [1.165, 1.54) is 0 Å². The molecule has 2 aliphatic rings. The van der Waals surface area contributed by atoms with Gasteiger partial charge in [-0.1, -0.05) is 35.9 Å². The number of hydrogen-bond acceptors (Lipinski definition) is 4.